The van der Waals surface area contributed by atoms with Crippen LogP contribution in [-0.4, -0.2) is 34.6 Å². The summed E-state index contributed by atoms with van der Waals surface area (Å²) in [4.78, 5) is 6.71. The summed E-state index contributed by atoms with van der Waals surface area (Å²) in [5, 5.41) is 3.53. The lowest BCUT2D eigenvalue weighted by atomic mass is 9.97. The lowest BCUT2D eigenvalue weighted by Crippen LogP contribution is -2.60. The monoisotopic (exact) mass is 219 g/mol. The molecule has 88 valence electrons. The van der Waals surface area contributed by atoms with Crippen molar-refractivity contribution in [1.82, 2.24) is 15.2 Å². The first-order chi connectivity index (χ1) is 7.58. The fourth-order valence-corrected chi connectivity index (χ4v) is 2.17. The van der Waals surface area contributed by atoms with Crippen molar-refractivity contribution in [3.8, 4) is 0 Å². The van der Waals surface area contributed by atoms with E-state index in [0.717, 1.165) is 19.6 Å². The van der Waals surface area contributed by atoms with Crippen molar-refractivity contribution < 1.29 is 0 Å². The molecule has 1 N–H and O–H groups in total. The van der Waals surface area contributed by atoms with Crippen LogP contribution in [0.25, 0.3) is 0 Å². The van der Waals surface area contributed by atoms with Crippen molar-refractivity contribution in [2.24, 2.45) is 0 Å². The maximum Gasteiger partial charge on any atom is 0.0312 e. The van der Waals surface area contributed by atoms with Crippen LogP contribution >= 0.6 is 0 Å². The molecule has 16 heavy (non-hydrogen) atoms. The van der Waals surface area contributed by atoms with Gasteiger partial charge in [0.25, 0.3) is 0 Å². The molecule has 0 spiro atoms. The Kier molecular flexibility index (Phi) is 3.26. The Balaban J connectivity index is 2.07. The van der Waals surface area contributed by atoms with Gasteiger partial charge >= 0.3 is 0 Å². The van der Waals surface area contributed by atoms with Crippen LogP contribution in [0.5, 0.6) is 0 Å². The summed E-state index contributed by atoms with van der Waals surface area (Å²) in [6, 6.07) is 4.73. The highest BCUT2D eigenvalue weighted by Gasteiger charge is 2.32. The molecule has 0 aromatic carbocycles. The van der Waals surface area contributed by atoms with Gasteiger partial charge in [-0.05, 0) is 32.4 Å². The van der Waals surface area contributed by atoms with E-state index in [0.29, 0.717) is 6.04 Å². The third kappa shape index (κ3) is 2.60. The number of piperazine rings is 1. The molecule has 2 rings (SSSR count). The van der Waals surface area contributed by atoms with Crippen molar-refractivity contribution >= 4 is 0 Å². The second-order valence-corrected chi connectivity index (χ2v) is 5.34. The van der Waals surface area contributed by atoms with Gasteiger partial charge in [0.05, 0.1) is 0 Å². The minimum Gasteiger partial charge on any atom is -0.311 e. The molecule has 1 unspecified atom stereocenters. The molecule has 1 saturated heterocycles. The fourth-order valence-electron chi connectivity index (χ4n) is 2.17. The minimum absolute atomic E-state index is 0.225. The van der Waals surface area contributed by atoms with Crippen LogP contribution in [0.4, 0.5) is 0 Å². The van der Waals surface area contributed by atoms with Crippen LogP contribution in [0.1, 0.15) is 26.3 Å². The van der Waals surface area contributed by atoms with E-state index in [2.05, 4.69) is 42.0 Å². The molecule has 0 bridgehead atoms. The molecule has 1 aromatic heterocycles. The molecule has 3 nitrogen and oxygen atoms in total. The molecule has 0 aliphatic carbocycles. The van der Waals surface area contributed by atoms with E-state index in [1.807, 2.05) is 18.5 Å². The highest BCUT2D eigenvalue weighted by Crippen LogP contribution is 2.20. The molecule has 1 atom stereocenters. The molecule has 1 aliphatic rings. The van der Waals surface area contributed by atoms with Gasteiger partial charge in [0.1, 0.15) is 0 Å². The van der Waals surface area contributed by atoms with Gasteiger partial charge < -0.3 is 5.32 Å². The van der Waals surface area contributed by atoms with E-state index in [1.54, 1.807) is 0 Å². The van der Waals surface area contributed by atoms with E-state index >= 15 is 0 Å². The summed E-state index contributed by atoms with van der Waals surface area (Å²) in [5.74, 6) is 0. The second kappa shape index (κ2) is 4.52. The third-order valence-corrected chi connectivity index (χ3v) is 3.33. The summed E-state index contributed by atoms with van der Waals surface area (Å²) < 4.78 is 0. The number of pyridine rings is 1. The zero-order valence-corrected chi connectivity index (χ0v) is 10.4. The molecule has 3 heteroatoms. The zero-order valence-electron chi connectivity index (χ0n) is 10.4. The molecule has 1 fully saturated rings. The number of aromatic nitrogens is 1. The third-order valence-electron chi connectivity index (χ3n) is 3.33. The van der Waals surface area contributed by atoms with Crippen LogP contribution in [-0.2, 0) is 6.54 Å². The topological polar surface area (TPSA) is 28.2 Å². The summed E-state index contributed by atoms with van der Waals surface area (Å²) in [6.45, 7) is 9.97. The van der Waals surface area contributed by atoms with Crippen LogP contribution in [0, 0.1) is 0 Å². The Labute approximate surface area is 97.9 Å². The quantitative estimate of drug-likeness (QED) is 0.820. The summed E-state index contributed by atoms with van der Waals surface area (Å²) >= 11 is 0. The van der Waals surface area contributed by atoms with Gasteiger partial charge in [0, 0.05) is 43.6 Å². The second-order valence-electron chi connectivity index (χ2n) is 5.34. The molecule has 0 radical (unpaired) electrons. The predicted molar refractivity (Wildman–Crippen MR) is 66.2 cm³/mol. The largest absolute Gasteiger partial charge is 0.311 e. The van der Waals surface area contributed by atoms with Gasteiger partial charge in [-0.15, -0.1) is 0 Å². The van der Waals surface area contributed by atoms with Crippen LogP contribution < -0.4 is 5.32 Å². The standard InChI is InChI=1S/C13H21N3/c1-11-8-16(13(2,3)10-15-11)9-12-5-4-6-14-7-12/h4-7,11,15H,8-10H2,1-3H3. The highest BCUT2D eigenvalue weighted by molar-refractivity contribution is 5.09. The summed E-state index contributed by atoms with van der Waals surface area (Å²) in [6.07, 6.45) is 3.79. The van der Waals surface area contributed by atoms with Gasteiger partial charge in [-0.25, -0.2) is 0 Å². The first kappa shape index (κ1) is 11.6. The van der Waals surface area contributed by atoms with E-state index in [1.165, 1.54) is 5.56 Å². The Hall–Kier alpha value is -0.930. The number of hydrogen-bond acceptors (Lipinski definition) is 3. The van der Waals surface area contributed by atoms with Crippen molar-refractivity contribution in [2.45, 2.75) is 38.9 Å². The van der Waals surface area contributed by atoms with Gasteiger partial charge in [-0.2, -0.15) is 0 Å². The van der Waals surface area contributed by atoms with E-state index in [-0.39, 0.29) is 5.54 Å². The molecule has 0 saturated carbocycles. The SMILES string of the molecule is CC1CN(Cc2cccnc2)C(C)(C)CN1. The van der Waals surface area contributed by atoms with Crippen molar-refractivity contribution in [1.29, 1.82) is 0 Å². The summed E-state index contributed by atoms with van der Waals surface area (Å²) in [5.41, 5.74) is 1.52. The lowest BCUT2D eigenvalue weighted by Gasteiger charge is -2.45. The normalized spacial score (nSPS) is 25.6. The molecule has 1 aliphatic heterocycles. The van der Waals surface area contributed by atoms with E-state index < -0.39 is 0 Å². The molecular formula is C13H21N3. The smallest absolute Gasteiger partial charge is 0.0312 e. The Bertz CT molecular complexity index is 334. The van der Waals surface area contributed by atoms with Gasteiger partial charge in [-0.1, -0.05) is 6.07 Å². The predicted octanol–water partition coefficient (Wildman–Crippen LogP) is 1.65. The van der Waals surface area contributed by atoms with Gasteiger partial charge in [0.2, 0.25) is 0 Å². The average Bonchev–Trinajstić information content (AvgIpc) is 2.26. The van der Waals surface area contributed by atoms with Crippen LogP contribution in [0.2, 0.25) is 0 Å². The fraction of sp³-hybridized carbons (Fsp3) is 0.615. The molecule has 0 amide bonds. The first-order valence-corrected chi connectivity index (χ1v) is 5.95. The van der Waals surface area contributed by atoms with Crippen molar-refractivity contribution in [3.05, 3.63) is 30.1 Å². The number of nitrogens with one attached hydrogen (secondary N) is 1. The lowest BCUT2D eigenvalue weighted by molar-refractivity contribution is 0.0626. The molecule has 2 heterocycles. The average molecular weight is 219 g/mol. The molecular weight excluding hydrogens is 198 g/mol. The van der Waals surface area contributed by atoms with E-state index in [9.17, 15) is 0 Å². The molecule has 1 aromatic rings. The number of rotatable bonds is 2. The minimum atomic E-state index is 0.225. The van der Waals surface area contributed by atoms with Gasteiger partial charge in [-0.3, -0.25) is 9.88 Å². The Morgan fingerprint density at radius 2 is 2.38 bits per heavy atom. The summed E-state index contributed by atoms with van der Waals surface area (Å²) in [7, 11) is 0. The maximum absolute atomic E-state index is 4.17. The van der Waals surface area contributed by atoms with Crippen molar-refractivity contribution in [2.75, 3.05) is 13.1 Å². The Morgan fingerprint density at radius 3 is 3.06 bits per heavy atom. The van der Waals surface area contributed by atoms with Crippen LogP contribution in [0.3, 0.4) is 0 Å². The van der Waals surface area contributed by atoms with Gasteiger partial charge in [0.15, 0.2) is 0 Å². The highest BCUT2D eigenvalue weighted by atomic mass is 15.3. The zero-order chi connectivity index (χ0) is 11.6. The Morgan fingerprint density at radius 1 is 1.56 bits per heavy atom. The first-order valence-electron chi connectivity index (χ1n) is 5.95. The van der Waals surface area contributed by atoms with Crippen molar-refractivity contribution in [3.63, 3.8) is 0 Å². The number of hydrogen-bond donors (Lipinski definition) is 1. The maximum atomic E-state index is 4.17. The number of nitrogens with zero attached hydrogens (tertiary/aromatic N) is 2. The van der Waals surface area contributed by atoms with E-state index in [4.69, 9.17) is 0 Å². The van der Waals surface area contributed by atoms with Crippen LogP contribution in [0.15, 0.2) is 24.5 Å².